The van der Waals surface area contributed by atoms with Gasteiger partial charge in [0.1, 0.15) is 28.2 Å². The first-order valence-corrected chi connectivity index (χ1v) is 9.38. The molecule has 3 aromatic rings. The number of piperidine rings is 1. The van der Waals surface area contributed by atoms with Gasteiger partial charge in [0.2, 0.25) is 0 Å². The van der Waals surface area contributed by atoms with Gasteiger partial charge in [-0.1, -0.05) is 23.7 Å². The molecule has 0 aliphatic carbocycles. The number of hydrogen-bond acceptors (Lipinski definition) is 6. The number of phenols is 2. The number of rotatable bonds is 2. The summed E-state index contributed by atoms with van der Waals surface area (Å²) in [5.74, 6) is -0.767. The van der Waals surface area contributed by atoms with E-state index in [1.165, 1.54) is 6.07 Å². The van der Waals surface area contributed by atoms with Gasteiger partial charge in [-0.15, -0.1) is 12.4 Å². The normalized spacial score (nSPS) is 19.2. The zero-order valence-corrected chi connectivity index (χ0v) is 17.7. The number of aliphatic hydroxyl groups is 1. The first-order valence-electron chi connectivity index (χ1n) is 9.01. The topological polar surface area (TPSA) is 126 Å². The van der Waals surface area contributed by atoms with E-state index in [1.54, 1.807) is 24.3 Å². The van der Waals surface area contributed by atoms with E-state index in [-0.39, 0.29) is 46.1 Å². The number of nitrogens with zero attached hydrogens (tertiary/aromatic N) is 1. The van der Waals surface area contributed by atoms with Crippen molar-refractivity contribution in [1.82, 2.24) is 4.90 Å². The number of likely N-dealkylation sites (tertiary alicyclic amines) is 1. The van der Waals surface area contributed by atoms with Crippen LogP contribution in [0.5, 0.6) is 11.5 Å². The van der Waals surface area contributed by atoms with Crippen LogP contribution in [0.4, 0.5) is 0 Å². The number of β-amino-alcohol motifs (C(OH)–C–C–N with tert-alkyl or cyclic N) is 1. The monoisotopic (exact) mass is 455 g/mol. The Morgan fingerprint density at radius 3 is 2.53 bits per heavy atom. The van der Waals surface area contributed by atoms with Crippen LogP contribution < -0.4 is 5.43 Å². The summed E-state index contributed by atoms with van der Waals surface area (Å²) in [6.45, 7) is 1.15. The van der Waals surface area contributed by atoms with E-state index < -0.39 is 17.5 Å². The smallest absolute Gasteiger partial charge is 0.197 e. The number of hydrogen-bond donors (Lipinski definition) is 3. The molecule has 7 nitrogen and oxygen atoms in total. The lowest BCUT2D eigenvalue weighted by molar-refractivity contribution is 0.0630. The number of phenolic OH excluding ortho intramolecular Hbond substituents is 2. The summed E-state index contributed by atoms with van der Waals surface area (Å²) in [6, 6.07) is 9.35. The van der Waals surface area contributed by atoms with Crippen LogP contribution in [0.15, 0.2) is 45.6 Å². The first kappa shape index (κ1) is 24.0. The third-order valence-corrected chi connectivity index (χ3v) is 5.62. The van der Waals surface area contributed by atoms with Crippen LogP contribution in [-0.4, -0.2) is 51.9 Å². The second kappa shape index (κ2) is 9.24. The number of fused-ring (bicyclic) bond motifs is 1. The Kier molecular flexibility index (Phi) is 7.39. The van der Waals surface area contributed by atoms with Crippen LogP contribution in [0.1, 0.15) is 17.9 Å². The van der Waals surface area contributed by atoms with E-state index in [4.69, 9.17) is 16.0 Å². The molecule has 1 aliphatic heterocycles. The van der Waals surface area contributed by atoms with E-state index >= 15 is 0 Å². The number of aromatic hydroxyl groups is 2. The van der Waals surface area contributed by atoms with Gasteiger partial charge in [-0.2, -0.15) is 0 Å². The fourth-order valence-corrected chi connectivity index (χ4v) is 4.13. The summed E-state index contributed by atoms with van der Waals surface area (Å²) in [5, 5.41) is 31.8. The van der Waals surface area contributed by atoms with Gasteiger partial charge >= 0.3 is 0 Å². The molecule has 2 heterocycles. The van der Waals surface area contributed by atoms with E-state index in [2.05, 4.69) is 0 Å². The second-order valence-electron chi connectivity index (χ2n) is 7.21. The SMILES string of the molecule is CN1CCC(c2c(O)cc(O)c3c(=O)cc(-c4ccccc4Cl)oc23)C(O)C1.Cl.O. The maximum atomic E-state index is 12.8. The van der Waals surface area contributed by atoms with Crippen molar-refractivity contribution >= 4 is 35.0 Å². The Hall–Kier alpha value is -2.29. The summed E-state index contributed by atoms with van der Waals surface area (Å²) in [4.78, 5) is 14.8. The summed E-state index contributed by atoms with van der Waals surface area (Å²) < 4.78 is 6.00. The van der Waals surface area contributed by atoms with E-state index in [0.717, 1.165) is 12.6 Å². The minimum atomic E-state index is -0.744. The van der Waals surface area contributed by atoms with Crippen LogP contribution in [0.3, 0.4) is 0 Å². The summed E-state index contributed by atoms with van der Waals surface area (Å²) in [5.41, 5.74) is 0.492. The highest BCUT2D eigenvalue weighted by atomic mass is 35.5. The Balaban J connectivity index is 0.00000160. The summed E-state index contributed by atoms with van der Waals surface area (Å²) in [6.07, 6.45) is -0.169. The minimum absolute atomic E-state index is 0. The molecule has 30 heavy (non-hydrogen) atoms. The molecule has 5 N–H and O–H groups in total. The molecule has 0 amide bonds. The Bertz CT molecular complexity index is 1120. The number of halogens is 2. The van der Waals surface area contributed by atoms with E-state index in [0.29, 0.717) is 29.1 Å². The highest BCUT2D eigenvalue weighted by Crippen LogP contribution is 2.42. The third-order valence-electron chi connectivity index (χ3n) is 5.29. The standard InChI is InChI=1S/C21H20ClNO5.ClH.H2O/c1-23-7-6-12(17(27)10-23)19-14(24)8-15(25)20-16(26)9-18(28-21(19)20)11-4-2-3-5-13(11)22;;/h2-5,8-9,12,17,24-25,27H,6-7,10H2,1H3;1H;1H2. The number of likely N-dealkylation sites (N-methyl/N-ethyl adjacent to an activating group) is 1. The van der Waals surface area contributed by atoms with E-state index in [9.17, 15) is 20.1 Å². The Morgan fingerprint density at radius 1 is 1.17 bits per heavy atom. The van der Waals surface area contributed by atoms with Crippen molar-refractivity contribution in [2.45, 2.75) is 18.4 Å². The third kappa shape index (κ3) is 4.12. The van der Waals surface area contributed by atoms with Crippen molar-refractivity contribution in [3.05, 3.63) is 57.2 Å². The molecule has 2 aromatic carbocycles. The zero-order valence-electron chi connectivity index (χ0n) is 16.1. The summed E-state index contributed by atoms with van der Waals surface area (Å²) in [7, 11) is 1.91. The van der Waals surface area contributed by atoms with Gasteiger partial charge in [-0.3, -0.25) is 4.79 Å². The van der Waals surface area contributed by atoms with Gasteiger partial charge < -0.3 is 30.1 Å². The van der Waals surface area contributed by atoms with Gasteiger partial charge in [-0.25, -0.2) is 0 Å². The van der Waals surface area contributed by atoms with Gasteiger partial charge in [0, 0.05) is 35.7 Å². The summed E-state index contributed by atoms with van der Waals surface area (Å²) >= 11 is 6.25. The van der Waals surface area contributed by atoms with Crippen molar-refractivity contribution < 1.29 is 25.2 Å². The molecule has 1 fully saturated rings. The molecular formula is C21H23Cl2NO6. The lowest BCUT2D eigenvalue weighted by Gasteiger charge is -2.34. The molecule has 0 saturated carbocycles. The Morgan fingerprint density at radius 2 is 1.87 bits per heavy atom. The first-order chi connectivity index (χ1) is 13.4. The maximum Gasteiger partial charge on any atom is 0.197 e. The van der Waals surface area contributed by atoms with Crippen molar-refractivity contribution in [2.75, 3.05) is 20.1 Å². The molecule has 4 rings (SSSR count). The quantitative estimate of drug-likeness (QED) is 0.545. The van der Waals surface area contributed by atoms with Crippen LogP contribution in [-0.2, 0) is 0 Å². The fraction of sp³-hybridized carbons (Fsp3) is 0.286. The second-order valence-corrected chi connectivity index (χ2v) is 7.62. The molecule has 1 aromatic heterocycles. The van der Waals surface area contributed by atoms with Crippen molar-refractivity contribution in [3.63, 3.8) is 0 Å². The molecule has 9 heteroatoms. The zero-order chi connectivity index (χ0) is 20.0. The van der Waals surface area contributed by atoms with Gasteiger partial charge in [0.25, 0.3) is 0 Å². The molecule has 1 aliphatic rings. The highest BCUT2D eigenvalue weighted by Gasteiger charge is 2.33. The van der Waals surface area contributed by atoms with Crippen LogP contribution in [0.2, 0.25) is 5.02 Å². The number of aliphatic hydroxyl groups excluding tert-OH is 1. The molecule has 162 valence electrons. The molecule has 0 radical (unpaired) electrons. The lowest BCUT2D eigenvalue weighted by atomic mass is 9.85. The molecule has 2 atom stereocenters. The molecular weight excluding hydrogens is 433 g/mol. The predicted molar refractivity (Wildman–Crippen MR) is 118 cm³/mol. The van der Waals surface area contributed by atoms with Crippen molar-refractivity contribution in [2.24, 2.45) is 0 Å². The molecule has 1 saturated heterocycles. The largest absolute Gasteiger partial charge is 0.507 e. The Labute approximate surface area is 183 Å². The van der Waals surface area contributed by atoms with Crippen molar-refractivity contribution in [3.8, 4) is 22.8 Å². The molecule has 2 unspecified atom stereocenters. The van der Waals surface area contributed by atoms with Gasteiger partial charge in [0.05, 0.1) is 11.1 Å². The minimum Gasteiger partial charge on any atom is -0.507 e. The van der Waals surface area contributed by atoms with Crippen LogP contribution >= 0.6 is 24.0 Å². The molecule has 0 bridgehead atoms. The van der Waals surface area contributed by atoms with Crippen LogP contribution in [0, 0.1) is 0 Å². The van der Waals surface area contributed by atoms with Gasteiger partial charge in [0.15, 0.2) is 5.43 Å². The fourth-order valence-electron chi connectivity index (χ4n) is 3.90. The highest BCUT2D eigenvalue weighted by molar-refractivity contribution is 6.33. The average Bonchev–Trinajstić information content (AvgIpc) is 2.63. The van der Waals surface area contributed by atoms with Crippen molar-refractivity contribution in [1.29, 1.82) is 0 Å². The lowest BCUT2D eigenvalue weighted by Crippen LogP contribution is -2.40. The molecule has 0 spiro atoms. The van der Waals surface area contributed by atoms with E-state index in [1.807, 2.05) is 11.9 Å². The predicted octanol–water partition coefficient (Wildman–Crippen LogP) is 2.90. The average molecular weight is 456 g/mol. The number of benzene rings is 2. The van der Waals surface area contributed by atoms with Gasteiger partial charge in [-0.05, 0) is 32.1 Å². The maximum absolute atomic E-state index is 12.8. The van der Waals surface area contributed by atoms with Crippen LogP contribution in [0.25, 0.3) is 22.3 Å².